The molecule has 0 aromatic heterocycles. The van der Waals surface area contributed by atoms with Gasteiger partial charge in [-0.3, -0.25) is 9.80 Å². The molecule has 1 rings (SSSR count). The minimum atomic E-state index is -3.85. The predicted molar refractivity (Wildman–Crippen MR) is 80.1 cm³/mol. The van der Waals surface area contributed by atoms with E-state index >= 15 is 0 Å². The molecular weight excluding hydrogens is 326 g/mol. The topological polar surface area (TPSA) is 136 Å². The molecule has 9 nitrogen and oxygen atoms in total. The Balaban J connectivity index is 2.73. The third kappa shape index (κ3) is 6.89. The minimum Gasteiger partial charge on any atom is -0.435 e. The summed E-state index contributed by atoms with van der Waals surface area (Å²) in [4.78, 5) is 34.1. The van der Waals surface area contributed by atoms with Crippen LogP contribution in [0.25, 0.3) is 0 Å². The van der Waals surface area contributed by atoms with Crippen molar-refractivity contribution in [2.45, 2.75) is 19.1 Å². The first-order valence-electron chi connectivity index (χ1n) is 6.45. The summed E-state index contributed by atoms with van der Waals surface area (Å²) in [6.07, 6.45) is -2.20. The first kappa shape index (κ1) is 18.6. The lowest BCUT2D eigenvalue weighted by Crippen LogP contribution is -2.46. The largest absolute Gasteiger partial charge is 0.435 e. The summed E-state index contributed by atoms with van der Waals surface area (Å²) in [6.45, 7) is 0.0338. The Kier molecular flexibility index (Phi) is 6.66. The Bertz CT molecular complexity index is 662. The van der Waals surface area contributed by atoms with Crippen molar-refractivity contribution in [1.82, 2.24) is 9.73 Å². The second kappa shape index (κ2) is 8.25. The standard InChI is InChI=1S/C13H17N3O6S/c1-23(20,21)15-13(19)22-11(7-8-17)12(18)16(14)9-10-5-3-2-4-6-10/h2-6,8,11H,7,9,14H2,1H3,(H,15,19)/t11-/m0/s1. The highest BCUT2D eigenvalue weighted by Gasteiger charge is 2.27. The van der Waals surface area contributed by atoms with Gasteiger partial charge in [-0.05, 0) is 5.56 Å². The lowest BCUT2D eigenvalue weighted by atomic mass is 10.2. The van der Waals surface area contributed by atoms with Crippen LogP contribution < -0.4 is 10.6 Å². The first-order valence-corrected chi connectivity index (χ1v) is 8.34. The Morgan fingerprint density at radius 1 is 1.35 bits per heavy atom. The number of rotatable bonds is 7. The van der Waals surface area contributed by atoms with Crippen LogP contribution in [0.2, 0.25) is 0 Å². The van der Waals surface area contributed by atoms with Crippen molar-refractivity contribution in [3.05, 3.63) is 35.9 Å². The second-order valence-corrected chi connectivity index (χ2v) is 6.37. The van der Waals surface area contributed by atoms with Crippen molar-refractivity contribution in [2.75, 3.05) is 6.26 Å². The van der Waals surface area contributed by atoms with Gasteiger partial charge in [-0.25, -0.2) is 23.8 Å². The zero-order valence-electron chi connectivity index (χ0n) is 12.3. The van der Waals surface area contributed by atoms with Gasteiger partial charge in [0, 0.05) is 6.42 Å². The zero-order chi connectivity index (χ0) is 17.5. The van der Waals surface area contributed by atoms with Gasteiger partial charge in [0.05, 0.1) is 12.8 Å². The monoisotopic (exact) mass is 343 g/mol. The van der Waals surface area contributed by atoms with Crippen LogP contribution in [0.5, 0.6) is 0 Å². The molecule has 1 aromatic carbocycles. The molecule has 3 N–H and O–H groups in total. The van der Waals surface area contributed by atoms with E-state index in [4.69, 9.17) is 5.84 Å². The van der Waals surface area contributed by atoms with Crippen LogP contribution >= 0.6 is 0 Å². The number of sulfonamides is 1. The van der Waals surface area contributed by atoms with E-state index in [-0.39, 0.29) is 6.54 Å². The van der Waals surface area contributed by atoms with Crippen molar-refractivity contribution < 1.29 is 27.5 Å². The zero-order valence-corrected chi connectivity index (χ0v) is 13.2. The molecule has 1 aromatic rings. The van der Waals surface area contributed by atoms with Gasteiger partial charge in [0.15, 0.2) is 6.10 Å². The Morgan fingerprint density at radius 2 is 1.96 bits per heavy atom. The number of nitrogens with zero attached hydrogens (tertiary/aromatic N) is 1. The molecule has 0 heterocycles. The number of carbonyl (C=O) groups excluding carboxylic acids is 3. The predicted octanol–water partition coefficient (Wildman–Crippen LogP) is -0.468. The smallest absolute Gasteiger partial charge is 0.421 e. The van der Waals surface area contributed by atoms with E-state index in [9.17, 15) is 22.8 Å². The number of aldehydes is 1. The molecule has 0 aliphatic rings. The lowest BCUT2D eigenvalue weighted by Gasteiger charge is -2.22. The minimum absolute atomic E-state index is 0.0338. The maximum absolute atomic E-state index is 12.1. The van der Waals surface area contributed by atoms with E-state index < -0.39 is 34.5 Å². The number of nitrogens with one attached hydrogen (secondary N) is 1. The molecule has 1 atom stereocenters. The van der Waals surface area contributed by atoms with Gasteiger partial charge in [-0.1, -0.05) is 30.3 Å². The van der Waals surface area contributed by atoms with Gasteiger partial charge in [-0.2, -0.15) is 0 Å². The maximum atomic E-state index is 12.1. The van der Waals surface area contributed by atoms with Gasteiger partial charge < -0.3 is 9.53 Å². The lowest BCUT2D eigenvalue weighted by molar-refractivity contribution is -0.142. The number of hydrazine groups is 1. The van der Waals surface area contributed by atoms with Gasteiger partial charge in [-0.15, -0.1) is 0 Å². The number of nitrogens with two attached hydrogens (primary N) is 1. The van der Waals surface area contributed by atoms with Crippen LogP contribution in [-0.2, 0) is 30.9 Å². The highest BCUT2D eigenvalue weighted by molar-refractivity contribution is 7.89. The molecule has 0 saturated carbocycles. The van der Waals surface area contributed by atoms with E-state index in [1.54, 1.807) is 30.3 Å². The Hall–Kier alpha value is -2.46. The molecule has 0 aliphatic carbocycles. The van der Waals surface area contributed by atoms with Gasteiger partial charge >= 0.3 is 6.09 Å². The van der Waals surface area contributed by atoms with Crippen molar-refractivity contribution in [3.8, 4) is 0 Å². The molecule has 0 saturated heterocycles. The van der Waals surface area contributed by atoms with Crippen molar-refractivity contribution in [1.29, 1.82) is 0 Å². The number of amides is 2. The van der Waals surface area contributed by atoms with Crippen molar-refractivity contribution >= 4 is 28.3 Å². The third-order valence-corrected chi connectivity index (χ3v) is 3.12. The molecule has 0 radical (unpaired) electrons. The van der Waals surface area contributed by atoms with Crippen LogP contribution in [0, 0.1) is 0 Å². The highest BCUT2D eigenvalue weighted by atomic mass is 32.2. The third-order valence-electron chi connectivity index (χ3n) is 2.58. The van der Waals surface area contributed by atoms with Crippen LogP contribution in [0.1, 0.15) is 12.0 Å². The van der Waals surface area contributed by atoms with Gasteiger partial charge in [0.25, 0.3) is 5.91 Å². The normalized spacial score (nSPS) is 12.1. The summed E-state index contributed by atoms with van der Waals surface area (Å²) < 4.78 is 28.0. The molecule has 0 fully saturated rings. The van der Waals surface area contributed by atoms with E-state index in [1.807, 2.05) is 0 Å². The van der Waals surface area contributed by atoms with Crippen LogP contribution in [-0.4, -0.2) is 44.1 Å². The second-order valence-electron chi connectivity index (χ2n) is 4.62. The highest BCUT2D eigenvalue weighted by Crippen LogP contribution is 2.06. The Labute approximate surface area is 133 Å². The average molecular weight is 343 g/mol. The summed E-state index contributed by atoms with van der Waals surface area (Å²) >= 11 is 0. The fraction of sp³-hybridized carbons (Fsp3) is 0.308. The van der Waals surface area contributed by atoms with Crippen molar-refractivity contribution in [3.63, 3.8) is 0 Å². The maximum Gasteiger partial charge on any atom is 0.421 e. The number of hydrogen-bond acceptors (Lipinski definition) is 7. The number of ether oxygens (including phenoxy) is 1. The van der Waals surface area contributed by atoms with E-state index in [0.29, 0.717) is 6.29 Å². The summed E-state index contributed by atoms with van der Waals surface area (Å²) in [6, 6.07) is 8.78. The van der Waals surface area contributed by atoms with Crippen LogP contribution in [0.3, 0.4) is 0 Å². The quantitative estimate of drug-likeness (QED) is 0.296. The molecule has 0 bridgehead atoms. The van der Waals surface area contributed by atoms with E-state index in [0.717, 1.165) is 16.8 Å². The van der Waals surface area contributed by atoms with E-state index in [1.165, 1.54) is 4.72 Å². The fourth-order valence-corrected chi connectivity index (χ4v) is 1.99. The number of hydrogen-bond donors (Lipinski definition) is 2. The summed E-state index contributed by atoms with van der Waals surface area (Å²) in [7, 11) is -3.85. The summed E-state index contributed by atoms with van der Waals surface area (Å²) in [5, 5.41) is 0.789. The van der Waals surface area contributed by atoms with Crippen molar-refractivity contribution in [2.24, 2.45) is 5.84 Å². The summed E-state index contributed by atoms with van der Waals surface area (Å²) in [5.74, 6) is 4.79. The molecule has 0 aliphatic heterocycles. The molecule has 2 amide bonds. The molecular formula is C13H17N3O6S. The molecule has 0 unspecified atom stereocenters. The van der Waals surface area contributed by atoms with Gasteiger partial charge in [0.2, 0.25) is 10.0 Å². The average Bonchev–Trinajstić information content (AvgIpc) is 2.45. The fourth-order valence-electron chi connectivity index (χ4n) is 1.63. The summed E-state index contributed by atoms with van der Waals surface area (Å²) in [5.41, 5.74) is 0.730. The first-order chi connectivity index (χ1) is 10.7. The number of benzene rings is 1. The number of carbonyl (C=O) groups is 3. The SMILES string of the molecule is CS(=O)(=O)NC(=O)O[C@@H](CC=O)C(=O)N(N)Cc1ccccc1. The van der Waals surface area contributed by atoms with Gasteiger partial charge in [0.1, 0.15) is 6.29 Å². The van der Waals surface area contributed by atoms with E-state index in [2.05, 4.69) is 4.74 Å². The molecule has 23 heavy (non-hydrogen) atoms. The molecule has 0 spiro atoms. The molecule has 10 heteroatoms. The molecule has 126 valence electrons. The van der Waals surface area contributed by atoms with Crippen LogP contribution in [0.4, 0.5) is 4.79 Å². The van der Waals surface area contributed by atoms with Crippen LogP contribution in [0.15, 0.2) is 30.3 Å². The Morgan fingerprint density at radius 3 is 2.48 bits per heavy atom.